The number of rotatable bonds is 8. The van der Waals surface area contributed by atoms with E-state index in [4.69, 9.17) is 16.3 Å². The van der Waals surface area contributed by atoms with Crippen molar-refractivity contribution in [3.05, 3.63) is 34.9 Å². The highest BCUT2D eigenvalue weighted by atomic mass is 35.5. The van der Waals surface area contributed by atoms with Gasteiger partial charge in [0.1, 0.15) is 0 Å². The highest BCUT2D eigenvalue weighted by molar-refractivity contribution is 6.30. The molecule has 1 aromatic carbocycles. The van der Waals surface area contributed by atoms with Crippen molar-refractivity contribution in [2.24, 2.45) is 0 Å². The van der Waals surface area contributed by atoms with Crippen molar-refractivity contribution in [3.63, 3.8) is 0 Å². The van der Waals surface area contributed by atoms with Gasteiger partial charge in [0.15, 0.2) is 5.78 Å². The van der Waals surface area contributed by atoms with E-state index >= 15 is 0 Å². The maximum atomic E-state index is 11.9. The van der Waals surface area contributed by atoms with E-state index in [1.807, 2.05) is 20.9 Å². The summed E-state index contributed by atoms with van der Waals surface area (Å²) in [5, 5.41) is 0.652. The van der Waals surface area contributed by atoms with Crippen molar-refractivity contribution < 1.29 is 9.53 Å². The van der Waals surface area contributed by atoms with Crippen LogP contribution in [0.5, 0.6) is 0 Å². The molecule has 0 unspecified atom stereocenters. The molecule has 4 heteroatoms. The summed E-state index contributed by atoms with van der Waals surface area (Å²) >= 11 is 5.79. The average Bonchev–Trinajstić information content (AvgIpc) is 2.36. The van der Waals surface area contributed by atoms with Crippen LogP contribution in [0.2, 0.25) is 5.02 Å². The molecular formula is C15H22ClNO2. The quantitative estimate of drug-likeness (QED) is 0.686. The van der Waals surface area contributed by atoms with Gasteiger partial charge >= 0.3 is 0 Å². The first-order chi connectivity index (χ1) is 8.99. The van der Waals surface area contributed by atoms with Crippen molar-refractivity contribution in [3.8, 4) is 0 Å². The number of carbonyl (C=O) groups is 1. The Morgan fingerprint density at radius 1 is 1.26 bits per heavy atom. The number of ether oxygens (including phenoxy) is 1. The second-order valence-corrected chi connectivity index (χ2v) is 5.34. The molecule has 0 aliphatic carbocycles. The lowest BCUT2D eigenvalue weighted by atomic mass is 10.1. The Morgan fingerprint density at radius 2 is 1.89 bits per heavy atom. The van der Waals surface area contributed by atoms with Crippen LogP contribution in [0.4, 0.5) is 0 Å². The summed E-state index contributed by atoms with van der Waals surface area (Å²) in [7, 11) is 2.00. The molecule has 0 N–H and O–H groups in total. The summed E-state index contributed by atoms with van der Waals surface area (Å²) < 4.78 is 5.48. The number of halogens is 1. The summed E-state index contributed by atoms with van der Waals surface area (Å²) in [6.45, 7) is 6.31. The Labute approximate surface area is 120 Å². The maximum absolute atomic E-state index is 11.9. The molecule has 0 saturated carbocycles. The number of ketones is 1. The predicted octanol–water partition coefficient (Wildman–Crippen LogP) is 3.27. The molecule has 106 valence electrons. The smallest absolute Gasteiger partial charge is 0.164 e. The van der Waals surface area contributed by atoms with E-state index in [-0.39, 0.29) is 11.9 Å². The van der Waals surface area contributed by atoms with Crippen LogP contribution in [-0.2, 0) is 4.74 Å². The molecule has 0 bridgehead atoms. The van der Waals surface area contributed by atoms with Gasteiger partial charge in [0, 0.05) is 30.1 Å². The van der Waals surface area contributed by atoms with Crippen molar-refractivity contribution in [2.45, 2.75) is 26.4 Å². The Bertz CT molecular complexity index is 390. The van der Waals surface area contributed by atoms with Crippen LogP contribution < -0.4 is 0 Å². The first-order valence-corrected chi connectivity index (χ1v) is 6.95. The van der Waals surface area contributed by atoms with Crippen molar-refractivity contribution in [1.82, 2.24) is 4.90 Å². The van der Waals surface area contributed by atoms with E-state index in [9.17, 15) is 4.79 Å². The second-order valence-electron chi connectivity index (χ2n) is 4.90. The first kappa shape index (κ1) is 16.2. The normalized spacial score (nSPS) is 11.3. The van der Waals surface area contributed by atoms with Crippen molar-refractivity contribution in [1.29, 1.82) is 0 Å². The van der Waals surface area contributed by atoms with E-state index in [1.165, 1.54) is 0 Å². The third kappa shape index (κ3) is 6.71. The molecule has 0 saturated heterocycles. The van der Waals surface area contributed by atoms with Crippen LogP contribution in [0.3, 0.4) is 0 Å². The Balaban J connectivity index is 2.27. The number of likely N-dealkylation sites (N-methyl/N-ethyl adjacent to an activating group) is 1. The number of carbonyl (C=O) groups excluding carboxylic acids is 1. The fraction of sp³-hybridized carbons (Fsp3) is 0.533. The van der Waals surface area contributed by atoms with E-state index in [1.54, 1.807) is 24.3 Å². The molecule has 19 heavy (non-hydrogen) atoms. The molecule has 0 aliphatic rings. The average molecular weight is 284 g/mol. The molecule has 1 rings (SSSR count). The lowest BCUT2D eigenvalue weighted by Crippen LogP contribution is -2.26. The van der Waals surface area contributed by atoms with E-state index in [2.05, 4.69) is 4.90 Å². The zero-order chi connectivity index (χ0) is 14.3. The molecule has 0 fully saturated rings. The number of benzene rings is 1. The second kappa shape index (κ2) is 8.31. The van der Waals surface area contributed by atoms with Crippen LogP contribution >= 0.6 is 11.6 Å². The predicted molar refractivity (Wildman–Crippen MR) is 79.0 cm³/mol. The maximum Gasteiger partial charge on any atom is 0.164 e. The van der Waals surface area contributed by atoms with Crippen LogP contribution in [0, 0.1) is 0 Å². The van der Waals surface area contributed by atoms with Gasteiger partial charge in [-0.3, -0.25) is 4.79 Å². The minimum absolute atomic E-state index is 0.147. The van der Waals surface area contributed by atoms with Gasteiger partial charge in [-0.1, -0.05) is 11.6 Å². The van der Waals surface area contributed by atoms with Gasteiger partial charge in [0.2, 0.25) is 0 Å². The fourth-order valence-corrected chi connectivity index (χ4v) is 1.75. The standard InChI is InChI=1S/C15H22ClNO2/c1-12(2)19-11-10-17(3)9-8-15(18)13-4-6-14(16)7-5-13/h4-7,12H,8-11H2,1-3H3. The van der Waals surface area contributed by atoms with E-state index < -0.39 is 0 Å². The molecule has 0 radical (unpaired) electrons. The summed E-state index contributed by atoms with van der Waals surface area (Å²) in [5.41, 5.74) is 0.719. The molecule has 0 aromatic heterocycles. The van der Waals surface area contributed by atoms with E-state index in [0.29, 0.717) is 18.1 Å². The number of hydrogen-bond acceptors (Lipinski definition) is 3. The summed E-state index contributed by atoms with van der Waals surface area (Å²) in [6.07, 6.45) is 0.767. The Morgan fingerprint density at radius 3 is 2.47 bits per heavy atom. The zero-order valence-corrected chi connectivity index (χ0v) is 12.6. The van der Waals surface area contributed by atoms with Crippen LogP contribution in [0.15, 0.2) is 24.3 Å². The number of nitrogens with zero attached hydrogens (tertiary/aromatic N) is 1. The molecule has 0 amide bonds. The third-order valence-corrected chi connectivity index (χ3v) is 3.06. The minimum Gasteiger partial charge on any atom is -0.377 e. The van der Waals surface area contributed by atoms with E-state index in [0.717, 1.165) is 18.7 Å². The molecule has 0 aliphatic heterocycles. The number of hydrogen-bond donors (Lipinski definition) is 0. The third-order valence-electron chi connectivity index (χ3n) is 2.81. The topological polar surface area (TPSA) is 29.5 Å². The lowest BCUT2D eigenvalue weighted by Gasteiger charge is -2.17. The molecule has 3 nitrogen and oxygen atoms in total. The highest BCUT2D eigenvalue weighted by Gasteiger charge is 2.07. The van der Waals surface area contributed by atoms with Crippen LogP contribution in [0.25, 0.3) is 0 Å². The Hall–Kier alpha value is -0.900. The Kier molecular flexibility index (Phi) is 7.06. The summed E-state index contributed by atoms with van der Waals surface area (Å²) in [6, 6.07) is 7.03. The largest absolute Gasteiger partial charge is 0.377 e. The molecular weight excluding hydrogens is 262 g/mol. The summed E-state index contributed by atoms with van der Waals surface area (Å²) in [5.74, 6) is 0.147. The minimum atomic E-state index is 0.147. The zero-order valence-electron chi connectivity index (χ0n) is 11.9. The van der Waals surface area contributed by atoms with Crippen molar-refractivity contribution >= 4 is 17.4 Å². The van der Waals surface area contributed by atoms with Crippen molar-refractivity contribution in [2.75, 3.05) is 26.7 Å². The fourth-order valence-electron chi connectivity index (χ4n) is 1.63. The van der Waals surface area contributed by atoms with Gasteiger partial charge in [-0.05, 0) is 45.2 Å². The molecule has 1 aromatic rings. The van der Waals surface area contributed by atoms with Gasteiger partial charge in [-0.25, -0.2) is 0 Å². The first-order valence-electron chi connectivity index (χ1n) is 6.58. The SMILES string of the molecule is CC(C)OCCN(C)CCC(=O)c1ccc(Cl)cc1. The molecule has 0 heterocycles. The van der Waals surface area contributed by atoms with Crippen LogP contribution in [-0.4, -0.2) is 43.5 Å². The summed E-state index contributed by atoms with van der Waals surface area (Å²) in [4.78, 5) is 14.0. The van der Waals surface area contributed by atoms with Gasteiger partial charge in [-0.2, -0.15) is 0 Å². The molecule has 0 spiro atoms. The number of Topliss-reactive ketones (excluding diaryl/α,β-unsaturated/α-hetero) is 1. The van der Waals surface area contributed by atoms with Gasteiger partial charge < -0.3 is 9.64 Å². The van der Waals surface area contributed by atoms with Gasteiger partial charge in [0.25, 0.3) is 0 Å². The monoisotopic (exact) mass is 283 g/mol. The van der Waals surface area contributed by atoms with Gasteiger partial charge in [-0.15, -0.1) is 0 Å². The molecule has 0 atom stereocenters. The van der Waals surface area contributed by atoms with Gasteiger partial charge in [0.05, 0.1) is 12.7 Å². The highest BCUT2D eigenvalue weighted by Crippen LogP contribution is 2.11. The lowest BCUT2D eigenvalue weighted by molar-refractivity contribution is 0.0629. The van der Waals surface area contributed by atoms with Crippen LogP contribution in [0.1, 0.15) is 30.6 Å².